The quantitative estimate of drug-likeness (QED) is 0.649. The van der Waals surface area contributed by atoms with Crippen molar-refractivity contribution >= 4 is 23.3 Å². The number of hydrogen-bond acceptors (Lipinski definition) is 3. The van der Waals surface area contributed by atoms with E-state index in [9.17, 15) is 9.59 Å². The molecule has 0 aliphatic carbocycles. The van der Waals surface area contributed by atoms with Crippen LogP contribution in [0.4, 0.5) is 0 Å². The van der Waals surface area contributed by atoms with E-state index in [4.69, 9.17) is 16.3 Å². The lowest BCUT2D eigenvalue weighted by molar-refractivity contribution is -0.122. The molecule has 0 heterocycles. The highest BCUT2D eigenvalue weighted by Crippen LogP contribution is 2.16. The molecule has 0 bridgehead atoms. The first-order valence-corrected chi connectivity index (χ1v) is 7.64. The van der Waals surface area contributed by atoms with Crippen LogP contribution in [0.5, 0.6) is 5.75 Å². The Morgan fingerprint density at radius 2 is 1.91 bits per heavy atom. The smallest absolute Gasteiger partial charge is 0.227 e. The number of ether oxygens (including phenoxy) is 1. The van der Waals surface area contributed by atoms with Crippen molar-refractivity contribution in [2.45, 2.75) is 26.5 Å². The summed E-state index contributed by atoms with van der Waals surface area (Å²) >= 11 is 6.04. The summed E-state index contributed by atoms with van der Waals surface area (Å²) in [6.07, 6.45) is -0.340. The maximum Gasteiger partial charge on any atom is 0.227 e. The largest absolute Gasteiger partial charge is 0.471 e. The van der Waals surface area contributed by atoms with Gasteiger partial charge in [0.1, 0.15) is 5.75 Å². The van der Waals surface area contributed by atoms with Crippen LogP contribution in [0.15, 0.2) is 48.5 Å². The van der Waals surface area contributed by atoms with E-state index in [1.807, 2.05) is 18.2 Å². The lowest BCUT2D eigenvalue weighted by atomic mass is 10.1. The lowest BCUT2D eigenvalue weighted by Gasteiger charge is -2.17. The molecule has 2 aromatic rings. The Bertz CT molecular complexity index is 715. The average Bonchev–Trinajstić information content (AvgIpc) is 2.49. The number of carbonyl (C=O) groups is 2. The summed E-state index contributed by atoms with van der Waals surface area (Å²) < 4.78 is 5.63. The maximum atomic E-state index is 12.0. The van der Waals surface area contributed by atoms with Gasteiger partial charge in [-0.2, -0.15) is 0 Å². The van der Waals surface area contributed by atoms with Crippen molar-refractivity contribution in [2.24, 2.45) is 0 Å². The molecule has 0 aliphatic heterocycles. The van der Waals surface area contributed by atoms with Crippen molar-refractivity contribution in [3.05, 3.63) is 64.7 Å². The Morgan fingerprint density at radius 1 is 1.17 bits per heavy atom. The number of nitrogens with one attached hydrogen (secondary N) is 1. The minimum atomic E-state index is -0.521. The Labute approximate surface area is 140 Å². The number of rotatable bonds is 6. The van der Waals surface area contributed by atoms with E-state index in [-0.39, 0.29) is 18.1 Å². The number of carbonyl (C=O) groups excluding carboxylic acids is 2. The third kappa shape index (κ3) is 5.11. The molecular formula is C18H18ClNO3. The van der Waals surface area contributed by atoms with E-state index in [1.54, 1.807) is 37.3 Å². The predicted octanol–water partition coefficient (Wildman–Crippen LogP) is 3.63. The van der Waals surface area contributed by atoms with Gasteiger partial charge in [-0.15, -0.1) is 0 Å². The Balaban J connectivity index is 1.93. The zero-order valence-electron chi connectivity index (χ0n) is 13.0. The molecule has 5 heteroatoms. The van der Waals surface area contributed by atoms with E-state index in [2.05, 4.69) is 5.32 Å². The highest BCUT2D eigenvalue weighted by molar-refractivity contribution is 6.31. The number of Topliss-reactive ketones (excluding diaryl/α,β-unsaturated/α-hetero) is 1. The standard InChI is InChI=1S/C18H18ClNO3/c1-12(21)14-7-5-8-16(10-14)23-13(2)20-18(22)11-15-6-3-4-9-17(15)19/h3-10,13H,11H2,1-2H3,(H,20,22). The van der Waals surface area contributed by atoms with Crippen LogP contribution in [0.2, 0.25) is 5.02 Å². The van der Waals surface area contributed by atoms with E-state index in [0.717, 1.165) is 5.56 Å². The van der Waals surface area contributed by atoms with Crippen LogP contribution in [0.1, 0.15) is 29.8 Å². The van der Waals surface area contributed by atoms with E-state index < -0.39 is 6.23 Å². The summed E-state index contributed by atoms with van der Waals surface area (Å²) in [4.78, 5) is 23.4. The molecule has 0 spiro atoms. The fraction of sp³-hybridized carbons (Fsp3) is 0.222. The molecule has 2 aromatic carbocycles. The van der Waals surface area contributed by atoms with E-state index >= 15 is 0 Å². The number of hydrogen-bond donors (Lipinski definition) is 1. The first-order valence-electron chi connectivity index (χ1n) is 7.26. The van der Waals surface area contributed by atoms with Crippen molar-refractivity contribution in [2.75, 3.05) is 0 Å². The minimum Gasteiger partial charge on any atom is -0.471 e. The van der Waals surface area contributed by atoms with Crippen molar-refractivity contribution in [3.63, 3.8) is 0 Å². The molecule has 23 heavy (non-hydrogen) atoms. The Kier molecular flexibility index (Phi) is 5.77. The van der Waals surface area contributed by atoms with Crippen molar-refractivity contribution in [1.29, 1.82) is 0 Å². The second kappa shape index (κ2) is 7.79. The van der Waals surface area contributed by atoms with Crippen LogP contribution < -0.4 is 10.1 Å². The van der Waals surface area contributed by atoms with Gasteiger partial charge in [-0.3, -0.25) is 9.59 Å². The molecule has 0 saturated heterocycles. The van der Waals surface area contributed by atoms with Crippen LogP contribution in [-0.2, 0) is 11.2 Å². The number of benzene rings is 2. The third-order valence-electron chi connectivity index (χ3n) is 3.23. The second-order valence-electron chi connectivity index (χ2n) is 5.18. The van der Waals surface area contributed by atoms with E-state index in [0.29, 0.717) is 16.3 Å². The molecule has 1 atom stereocenters. The van der Waals surface area contributed by atoms with Gasteiger partial charge in [0.25, 0.3) is 0 Å². The summed E-state index contributed by atoms with van der Waals surface area (Å²) in [5.41, 5.74) is 1.33. The molecule has 0 aliphatic rings. The second-order valence-corrected chi connectivity index (χ2v) is 5.59. The van der Waals surface area contributed by atoms with Crippen LogP contribution in [-0.4, -0.2) is 17.9 Å². The van der Waals surface area contributed by atoms with Gasteiger partial charge in [-0.1, -0.05) is 41.9 Å². The van der Waals surface area contributed by atoms with Gasteiger partial charge in [-0.25, -0.2) is 0 Å². The molecule has 1 N–H and O–H groups in total. The zero-order chi connectivity index (χ0) is 16.8. The summed E-state index contributed by atoms with van der Waals surface area (Å²) in [6.45, 7) is 3.22. The maximum absolute atomic E-state index is 12.0. The van der Waals surface area contributed by atoms with Crippen LogP contribution >= 0.6 is 11.6 Å². The van der Waals surface area contributed by atoms with Crippen molar-refractivity contribution < 1.29 is 14.3 Å². The molecule has 0 fully saturated rings. The average molecular weight is 332 g/mol. The number of amides is 1. The fourth-order valence-corrected chi connectivity index (χ4v) is 2.32. The lowest BCUT2D eigenvalue weighted by Crippen LogP contribution is -2.37. The summed E-state index contributed by atoms with van der Waals surface area (Å²) in [6, 6.07) is 14.1. The summed E-state index contributed by atoms with van der Waals surface area (Å²) in [5, 5.41) is 3.31. The molecule has 2 rings (SSSR count). The van der Waals surface area contributed by atoms with Gasteiger partial charge in [0.15, 0.2) is 12.0 Å². The molecule has 0 radical (unpaired) electrons. The Morgan fingerprint density at radius 3 is 2.61 bits per heavy atom. The SMILES string of the molecule is CC(=O)c1cccc(OC(C)NC(=O)Cc2ccccc2Cl)c1. The molecule has 1 unspecified atom stereocenters. The summed E-state index contributed by atoms with van der Waals surface area (Å²) in [7, 11) is 0. The number of halogens is 1. The van der Waals surface area contributed by atoms with Gasteiger partial charge in [0.2, 0.25) is 5.91 Å². The summed E-state index contributed by atoms with van der Waals surface area (Å²) in [5.74, 6) is 0.308. The number of ketones is 1. The van der Waals surface area contributed by atoms with Gasteiger partial charge >= 0.3 is 0 Å². The zero-order valence-corrected chi connectivity index (χ0v) is 13.8. The molecule has 0 saturated carbocycles. The van der Waals surface area contributed by atoms with Crippen molar-refractivity contribution in [1.82, 2.24) is 5.32 Å². The van der Waals surface area contributed by atoms with Crippen LogP contribution in [0.25, 0.3) is 0 Å². The van der Waals surface area contributed by atoms with Gasteiger partial charge in [0.05, 0.1) is 6.42 Å². The van der Waals surface area contributed by atoms with Crippen molar-refractivity contribution in [3.8, 4) is 5.75 Å². The van der Waals surface area contributed by atoms with Crippen LogP contribution in [0, 0.1) is 0 Å². The van der Waals surface area contributed by atoms with E-state index in [1.165, 1.54) is 6.92 Å². The minimum absolute atomic E-state index is 0.0362. The monoisotopic (exact) mass is 331 g/mol. The Hall–Kier alpha value is -2.33. The predicted molar refractivity (Wildman–Crippen MR) is 89.8 cm³/mol. The van der Waals surface area contributed by atoms with Gasteiger partial charge in [-0.05, 0) is 37.6 Å². The van der Waals surface area contributed by atoms with Gasteiger partial charge in [0, 0.05) is 10.6 Å². The molecule has 0 aromatic heterocycles. The highest BCUT2D eigenvalue weighted by atomic mass is 35.5. The first kappa shape index (κ1) is 17.0. The fourth-order valence-electron chi connectivity index (χ4n) is 2.11. The molecule has 120 valence electrons. The van der Waals surface area contributed by atoms with Crippen LogP contribution in [0.3, 0.4) is 0 Å². The molecule has 1 amide bonds. The highest BCUT2D eigenvalue weighted by Gasteiger charge is 2.11. The first-order chi connectivity index (χ1) is 11.0. The topological polar surface area (TPSA) is 55.4 Å². The molecular weight excluding hydrogens is 314 g/mol. The molecule has 4 nitrogen and oxygen atoms in total. The van der Waals surface area contributed by atoms with Gasteiger partial charge < -0.3 is 10.1 Å². The normalized spacial score (nSPS) is 11.6. The third-order valence-corrected chi connectivity index (χ3v) is 3.60.